The quantitative estimate of drug-likeness (QED) is 0.317. The molecule has 0 unspecified atom stereocenters. The van der Waals surface area contributed by atoms with Crippen molar-refractivity contribution >= 4 is 21.9 Å². The van der Waals surface area contributed by atoms with E-state index in [9.17, 15) is 0 Å². The van der Waals surface area contributed by atoms with Gasteiger partial charge in [0.05, 0.1) is 5.69 Å². The molecule has 5 aromatic rings. The summed E-state index contributed by atoms with van der Waals surface area (Å²) in [6.07, 6.45) is 1.92. The van der Waals surface area contributed by atoms with Crippen molar-refractivity contribution in [3.05, 3.63) is 101 Å². The Morgan fingerprint density at radius 1 is 0.767 bits per heavy atom. The maximum Gasteiger partial charge on any atom is 0.138 e. The van der Waals surface area contributed by atoms with Crippen LogP contribution in [0.2, 0.25) is 0 Å². The number of rotatable bonds is 3. The molecule has 0 aliphatic carbocycles. The van der Waals surface area contributed by atoms with Crippen molar-refractivity contribution < 1.29 is 4.42 Å². The van der Waals surface area contributed by atoms with Gasteiger partial charge >= 0.3 is 0 Å². The highest BCUT2D eigenvalue weighted by molar-refractivity contribution is 6.08. The van der Waals surface area contributed by atoms with E-state index in [0.717, 1.165) is 33.4 Å². The number of fused-ring (bicyclic) bond motifs is 3. The zero-order valence-electron chi connectivity index (χ0n) is 17.9. The fourth-order valence-corrected chi connectivity index (χ4v) is 4.33. The SMILES string of the molecule is Cc1ccc(C)c2c1oc1ccc(-c3cc(C(C)(C)c4ccccc4)ccn3)cc12. The summed E-state index contributed by atoms with van der Waals surface area (Å²) in [6.45, 7) is 8.77. The Balaban J connectivity index is 1.65. The Bertz CT molecular complexity index is 1380. The van der Waals surface area contributed by atoms with Crippen LogP contribution in [-0.2, 0) is 5.41 Å². The predicted molar refractivity (Wildman–Crippen MR) is 125 cm³/mol. The van der Waals surface area contributed by atoms with Gasteiger partial charge in [-0.05, 0) is 66.4 Å². The van der Waals surface area contributed by atoms with Crippen LogP contribution in [0.15, 0.2) is 83.4 Å². The molecule has 0 saturated carbocycles. The van der Waals surface area contributed by atoms with E-state index in [0.29, 0.717) is 0 Å². The topological polar surface area (TPSA) is 26.0 Å². The molecule has 0 amide bonds. The van der Waals surface area contributed by atoms with E-state index in [4.69, 9.17) is 9.40 Å². The minimum absolute atomic E-state index is 0.0981. The molecule has 0 N–H and O–H groups in total. The zero-order valence-corrected chi connectivity index (χ0v) is 17.9. The van der Waals surface area contributed by atoms with Crippen LogP contribution >= 0.6 is 0 Å². The summed E-state index contributed by atoms with van der Waals surface area (Å²) in [5, 5.41) is 2.35. The van der Waals surface area contributed by atoms with Crippen molar-refractivity contribution in [3.8, 4) is 11.3 Å². The highest BCUT2D eigenvalue weighted by atomic mass is 16.3. The number of aromatic nitrogens is 1. The first-order valence-corrected chi connectivity index (χ1v) is 10.4. The van der Waals surface area contributed by atoms with E-state index < -0.39 is 0 Å². The Morgan fingerprint density at radius 2 is 1.53 bits per heavy atom. The third-order valence-corrected chi connectivity index (χ3v) is 6.30. The molecule has 5 rings (SSSR count). The summed E-state index contributed by atoms with van der Waals surface area (Å²) in [5.41, 5.74) is 8.85. The molecule has 0 aliphatic rings. The molecule has 0 bridgehead atoms. The van der Waals surface area contributed by atoms with Crippen LogP contribution in [0, 0.1) is 13.8 Å². The molecule has 0 atom stereocenters. The molecule has 30 heavy (non-hydrogen) atoms. The van der Waals surface area contributed by atoms with Gasteiger partial charge in [-0.3, -0.25) is 4.98 Å². The summed E-state index contributed by atoms with van der Waals surface area (Å²) in [4.78, 5) is 4.70. The molecule has 2 nitrogen and oxygen atoms in total. The van der Waals surface area contributed by atoms with Crippen molar-refractivity contribution in [2.75, 3.05) is 0 Å². The monoisotopic (exact) mass is 391 g/mol. The third kappa shape index (κ3) is 2.91. The third-order valence-electron chi connectivity index (χ3n) is 6.30. The lowest BCUT2D eigenvalue weighted by atomic mass is 9.78. The van der Waals surface area contributed by atoms with Crippen LogP contribution in [0.1, 0.15) is 36.1 Å². The van der Waals surface area contributed by atoms with Crippen molar-refractivity contribution in [3.63, 3.8) is 0 Å². The Kier molecular flexibility index (Phi) is 4.25. The molecular formula is C28H25NO. The summed E-state index contributed by atoms with van der Waals surface area (Å²) in [5.74, 6) is 0. The van der Waals surface area contributed by atoms with Crippen molar-refractivity contribution in [1.82, 2.24) is 4.98 Å². The molecule has 0 aliphatic heterocycles. The minimum atomic E-state index is -0.0981. The number of hydrogen-bond donors (Lipinski definition) is 0. The average Bonchev–Trinajstić information content (AvgIpc) is 3.17. The first-order chi connectivity index (χ1) is 14.4. The predicted octanol–water partition coefficient (Wildman–Crippen LogP) is 7.59. The van der Waals surface area contributed by atoms with E-state index in [2.05, 4.69) is 100 Å². The van der Waals surface area contributed by atoms with Gasteiger partial charge in [0.1, 0.15) is 11.2 Å². The molecule has 3 aromatic carbocycles. The second-order valence-electron chi connectivity index (χ2n) is 8.64. The van der Waals surface area contributed by atoms with Crippen LogP contribution < -0.4 is 0 Å². The van der Waals surface area contributed by atoms with Gasteiger partial charge in [0.15, 0.2) is 0 Å². The summed E-state index contributed by atoms with van der Waals surface area (Å²) in [7, 11) is 0. The summed E-state index contributed by atoms with van der Waals surface area (Å²) < 4.78 is 6.17. The van der Waals surface area contributed by atoms with Crippen LogP contribution in [0.5, 0.6) is 0 Å². The van der Waals surface area contributed by atoms with Gasteiger partial charge in [-0.25, -0.2) is 0 Å². The fourth-order valence-electron chi connectivity index (χ4n) is 4.33. The number of nitrogens with zero attached hydrogens (tertiary/aromatic N) is 1. The molecule has 2 heterocycles. The highest BCUT2D eigenvalue weighted by Crippen LogP contribution is 2.37. The maximum atomic E-state index is 6.17. The summed E-state index contributed by atoms with van der Waals surface area (Å²) >= 11 is 0. The van der Waals surface area contributed by atoms with E-state index in [1.54, 1.807) is 0 Å². The number of pyridine rings is 1. The van der Waals surface area contributed by atoms with E-state index in [1.807, 2.05) is 6.20 Å². The Hall–Kier alpha value is -3.39. The Labute approximate surface area is 177 Å². The van der Waals surface area contributed by atoms with Crippen LogP contribution in [-0.4, -0.2) is 4.98 Å². The molecule has 148 valence electrons. The van der Waals surface area contributed by atoms with Crippen LogP contribution in [0.3, 0.4) is 0 Å². The van der Waals surface area contributed by atoms with E-state index >= 15 is 0 Å². The number of benzene rings is 3. The molecule has 0 spiro atoms. The lowest BCUT2D eigenvalue weighted by molar-refractivity contribution is 0.640. The second-order valence-corrected chi connectivity index (χ2v) is 8.64. The average molecular weight is 392 g/mol. The molecular weight excluding hydrogens is 366 g/mol. The zero-order chi connectivity index (χ0) is 20.9. The number of aryl methyl sites for hydroxylation is 2. The lowest BCUT2D eigenvalue weighted by Crippen LogP contribution is -2.18. The smallest absolute Gasteiger partial charge is 0.138 e. The van der Waals surface area contributed by atoms with Gasteiger partial charge in [0, 0.05) is 27.9 Å². The van der Waals surface area contributed by atoms with E-state index in [1.165, 1.54) is 22.1 Å². The fraction of sp³-hybridized carbons (Fsp3) is 0.179. The number of hydrogen-bond acceptors (Lipinski definition) is 2. The van der Waals surface area contributed by atoms with Crippen molar-refractivity contribution in [2.24, 2.45) is 0 Å². The van der Waals surface area contributed by atoms with Gasteiger partial charge in [-0.1, -0.05) is 56.3 Å². The van der Waals surface area contributed by atoms with Crippen LogP contribution in [0.4, 0.5) is 0 Å². The van der Waals surface area contributed by atoms with Gasteiger partial charge < -0.3 is 4.42 Å². The first-order valence-electron chi connectivity index (χ1n) is 10.4. The van der Waals surface area contributed by atoms with Gasteiger partial charge in [0.2, 0.25) is 0 Å². The van der Waals surface area contributed by atoms with Gasteiger partial charge in [-0.15, -0.1) is 0 Å². The standard InChI is InChI=1S/C28H25NO/c1-18-10-11-19(2)27-26(18)23-16-20(12-13-25(23)30-27)24-17-22(14-15-29-24)28(3,4)21-8-6-5-7-9-21/h5-17H,1-4H3. The highest BCUT2D eigenvalue weighted by Gasteiger charge is 2.23. The molecule has 0 fully saturated rings. The normalized spacial score (nSPS) is 12.0. The minimum Gasteiger partial charge on any atom is -0.456 e. The first kappa shape index (κ1) is 18.6. The maximum absolute atomic E-state index is 6.17. The Morgan fingerprint density at radius 3 is 2.33 bits per heavy atom. The van der Waals surface area contributed by atoms with Crippen LogP contribution in [0.25, 0.3) is 33.2 Å². The molecule has 0 radical (unpaired) electrons. The second kappa shape index (κ2) is 6.84. The summed E-state index contributed by atoms with van der Waals surface area (Å²) in [6, 6.07) is 25.7. The lowest BCUT2D eigenvalue weighted by Gasteiger charge is -2.26. The molecule has 2 aromatic heterocycles. The van der Waals surface area contributed by atoms with Gasteiger partial charge in [0.25, 0.3) is 0 Å². The molecule has 2 heteroatoms. The van der Waals surface area contributed by atoms with Crippen molar-refractivity contribution in [2.45, 2.75) is 33.1 Å². The van der Waals surface area contributed by atoms with Gasteiger partial charge in [-0.2, -0.15) is 0 Å². The molecule has 0 saturated heterocycles. The van der Waals surface area contributed by atoms with E-state index in [-0.39, 0.29) is 5.41 Å². The number of furan rings is 1. The largest absolute Gasteiger partial charge is 0.456 e. The van der Waals surface area contributed by atoms with Crippen molar-refractivity contribution in [1.29, 1.82) is 0 Å².